The van der Waals surface area contributed by atoms with Crippen LogP contribution in [0.3, 0.4) is 0 Å². The first-order valence-electron chi connectivity index (χ1n) is 7.90. The third-order valence-corrected chi connectivity index (χ3v) is 5.98. The maximum absolute atomic E-state index is 6.13. The molecule has 25 heavy (non-hydrogen) atoms. The molecule has 1 heterocycles. The SMILES string of the molecule is CNCCSSCCN(C)c1nc(N)c2cc(OC)c(OC)cc2n1. The molecule has 9 heteroatoms. The van der Waals surface area contributed by atoms with E-state index in [9.17, 15) is 0 Å². The molecule has 1 aromatic carbocycles. The molecule has 0 fully saturated rings. The molecule has 0 aliphatic carbocycles. The Morgan fingerprint density at radius 2 is 1.80 bits per heavy atom. The Balaban J connectivity index is 2.10. The number of fused-ring (bicyclic) bond motifs is 1. The van der Waals surface area contributed by atoms with E-state index in [1.54, 1.807) is 14.2 Å². The first kappa shape index (κ1) is 19.7. The lowest BCUT2D eigenvalue weighted by Crippen LogP contribution is -2.23. The van der Waals surface area contributed by atoms with E-state index >= 15 is 0 Å². The van der Waals surface area contributed by atoms with E-state index in [2.05, 4.69) is 15.3 Å². The summed E-state index contributed by atoms with van der Waals surface area (Å²) in [6, 6.07) is 3.63. The summed E-state index contributed by atoms with van der Waals surface area (Å²) in [4.78, 5) is 11.1. The number of nitrogens with one attached hydrogen (secondary N) is 1. The fraction of sp³-hybridized carbons (Fsp3) is 0.500. The number of hydrogen-bond donors (Lipinski definition) is 2. The number of benzene rings is 1. The van der Waals surface area contributed by atoms with Crippen LogP contribution < -0.4 is 25.4 Å². The van der Waals surface area contributed by atoms with Crippen LogP contribution in [-0.2, 0) is 0 Å². The second kappa shape index (κ2) is 9.79. The summed E-state index contributed by atoms with van der Waals surface area (Å²) >= 11 is 0. The number of rotatable bonds is 10. The minimum Gasteiger partial charge on any atom is -0.493 e. The Morgan fingerprint density at radius 1 is 1.12 bits per heavy atom. The summed E-state index contributed by atoms with van der Waals surface area (Å²) in [6.07, 6.45) is 0. The number of methoxy groups -OCH3 is 2. The van der Waals surface area contributed by atoms with Gasteiger partial charge >= 0.3 is 0 Å². The molecule has 138 valence electrons. The van der Waals surface area contributed by atoms with Gasteiger partial charge in [0, 0.05) is 43.1 Å². The van der Waals surface area contributed by atoms with Gasteiger partial charge in [0.15, 0.2) is 11.5 Å². The van der Waals surface area contributed by atoms with Gasteiger partial charge < -0.3 is 25.4 Å². The Hall–Kier alpha value is -1.58. The zero-order valence-electron chi connectivity index (χ0n) is 15.0. The van der Waals surface area contributed by atoms with Crippen molar-refractivity contribution in [2.75, 3.05) is 63.5 Å². The summed E-state index contributed by atoms with van der Waals surface area (Å²) in [5.41, 5.74) is 6.87. The number of aromatic nitrogens is 2. The summed E-state index contributed by atoms with van der Waals surface area (Å²) < 4.78 is 10.7. The van der Waals surface area contributed by atoms with Crippen LogP contribution in [0.1, 0.15) is 0 Å². The van der Waals surface area contributed by atoms with Crippen molar-refractivity contribution in [3.05, 3.63) is 12.1 Å². The van der Waals surface area contributed by atoms with Gasteiger partial charge in [0.05, 0.1) is 19.7 Å². The molecular formula is C16H25N5O2S2. The van der Waals surface area contributed by atoms with Crippen molar-refractivity contribution in [3.8, 4) is 11.5 Å². The lowest BCUT2D eigenvalue weighted by molar-refractivity contribution is 0.356. The van der Waals surface area contributed by atoms with Crippen LogP contribution in [-0.4, -0.2) is 62.9 Å². The molecule has 7 nitrogen and oxygen atoms in total. The lowest BCUT2D eigenvalue weighted by Gasteiger charge is -2.18. The average Bonchev–Trinajstić information content (AvgIpc) is 2.63. The Bertz CT molecular complexity index is 702. The van der Waals surface area contributed by atoms with Gasteiger partial charge in [-0.2, -0.15) is 4.98 Å². The highest BCUT2D eigenvalue weighted by molar-refractivity contribution is 8.76. The van der Waals surface area contributed by atoms with E-state index in [1.807, 2.05) is 52.7 Å². The predicted molar refractivity (Wildman–Crippen MR) is 109 cm³/mol. The van der Waals surface area contributed by atoms with Crippen molar-refractivity contribution < 1.29 is 9.47 Å². The van der Waals surface area contributed by atoms with Gasteiger partial charge in [0.25, 0.3) is 0 Å². The van der Waals surface area contributed by atoms with E-state index in [1.165, 1.54) is 0 Å². The molecule has 0 amide bonds. The number of hydrogen-bond acceptors (Lipinski definition) is 9. The second-order valence-electron chi connectivity index (χ2n) is 5.30. The van der Waals surface area contributed by atoms with Gasteiger partial charge in [-0.3, -0.25) is 0 Å². The zero-order valence-corrected chi connectivity index (χ0v) is 16.7. The molecule has 0 bridgehead atoms. The van der Waals surface area contributed by atoms with Crippen molar-refractivity contribution in [2.45, 2.75) is 0 Å². The minimum absolute atomic E-state index is 0.434. The van der Waals surface area contributed by atoms with Gasteiger partial charge in [-0.05, 0) is 13.1 Å². The average molecular weight is 384 g/mol. The number of anilines is 2. The Morgan fingerprint density at radius 3 is 2.48 bits per heavy atom. The van der Waals surface area contributed by atoms with Gasteiger partial charge in [-0.25, -0.2) is 4.98 Å². The summed E-state index contributed by atoms with van der Waals surface area (Å²) in [5.74, 6) is 4.35. The first-order valence-corrected chi connectivity index (χ1v) is 10.4. The summed E-state index contributed by atoms with van der Waals surface area (Å²) in [6.45, 7) is 1.86. The van der Waals surface area contributed by atoms with E-state index in [4.69, 9.17) is 15.2 Å². The second-order valence-corrected chi connectivity index (χ2v) is 8.00. The highest BCUT2D eigenvalue weighted by atomic mass is 33.1. The van der Waals surface area contributed by atoms with E-state index in [0.29, 0.717) is 23.3 Å². The van der Waals surface area contributed by atoms with Gasteiger partial charge in [0.2, 0.25) is 5.95 Å². The molecule has 2 rings (SSSR count). The molecule has 0 aliphatic rings. The van der Waals surface area contributed by atoms with Crippen molar-refractivity contribution >= 4 is 44.3 Å². The third-order valence-electron chi connectivity index (χ3n) is 3.59. The maximum Gasteiger partial charge on any atom is 0.227 e. The number of nitrogen functional groups attached to an aromatic ring is 1. The third kappa shape index (κ3) is 5.20. The summed E-state index contributed by atoms with van der Waals surface area (Å²) in [5, 5.41) is 3.89. The molecule has 0 spiro atoms. The largest absolute Gasteiger partial charge is 0.493 e. The predicted octanol–water partition coefficient (Wildman–Crippen LogP) is 2.27. The van der Waals surface area contributed by atoms with E-state index < -0.39 is 0 Å². The van der Waals surface area contributed by atoms with Crippen LogP contribution in [0.25, 0.3) is 10.9 Å². The van der Waals surface area contributed by atoms with Gasteiger partial charge in [0.1, 0.15) is 5.82 Å². The molecule has 1 aromatic heterocycles. The van der Waals surface area contributed by atoms with E-state index in [0.717, 1.165) is 35.5 Å². The van der Waals surface area contributed by atoms with Crippen molar-refractivity contribution in [1.82, 2.24) is 15.3 Å². The quantitative estimate of drug-likeness (QED) is 0.474. The molecule has 0 saturated carbocycles. The van der Waals surface area contributed by atoms with Crippen molar-refractivity contribution in [3.63, 3.8) is 0 Å². The molecular weight excluding hydrogens is 358 g/mol. The van der Waals surface area contributed by atoms with Crippen LogP contribution >= 0.6 is 21.6 Å². The topological polar surface area (TPSA) is 85.5 Å². The van der Waals surface area contributed by atoms with Crippen LogP contribution in [0.5, 0.6) is 11.5 Å². The normalized spacial score (nSPS) is 10.9. The van der Waals surface area contributed by atoms with Gasteiger partial charge in [-0.15, -0.1) is 0 Å². The lowest BCUT2D eigenvalue weighted by atomic mass is 10.2. The molecule has 0 aliphatic heterocycles. The van der Waals surface area contributed by atoms with E-state index in [-0.39, 0.29) is 0 Å². The number of ether oxygens (including phenoxy) is 2. The van der Waals surface area contributed by atoms with Crippen molar-refractivity contribution in [1.29, 1.82) is 0 Å². The Labute approximate surface area is 156 Å². The fourth-order valence-corrected chi connectivity index (χ4v) is 4.23. The zero-order chi connectivity index (χ0) is 18.2. The maximum atomic E-state index is 6.13. The van der Waals surface area contributed by atoms with Crippen LogP contribution in [0.15, 0.2) is 12.1 Å². The highest BCUT2D eigenvalue weighted by Gasteiger charge is 2.13. The smallest absolute Gasteiger partial charge is 0.227 e. The fourth-order valence-electron chi connectivity index (χ4n) is 2.17. The van der Waals surface area contributed by atoms with Crippen LogP contribution in [0, 0.1) is 0 Å². The monoisotopic (exact) mass is 383 g/mol. The molecule has 0 saturated heterocycles. The number of nitrogens with two attached hydrogens (primary N) is 1. The Kier molecular flexibility index (Phi) is 7.73. The molecule has 2 aromatic rings. The first-order chi connectivity index (χ1) is 12.1. The van der Waals surface area contributed by atoms with Crippen molar-refractivity contribution in [2.24, 2.45) is 0 Å². The molecule has 0 radical (unpaired) electrons. The number of nitrogens with zero attached hydrogens (tertiary/aromatic N) is 3. The molecule has 0 atom stereocenters. The van der Waals surface area contributed by atoms with Crippen LogP contribution in [0.2, 0.25) is 0 Å². The summed E-state index contributed by atoms with van der Waals surface area (Å²) in [7, 11) is 10.8. The standard InChI is InChI=1S/C16H25N5O2S2/c1-18-5-7-24-25-8-6-21(2)16-19-12-10-14(23-4)13(22-3)9-11(12)15(17)20-16/h9-10,18H,5-8H2,1-4H3,(H2,17,19,20). The molecule has 3 N–H and O–H groups in total. The minimum atomic E-state index is 0.434. The highest BCUT2D eigenvalue weighted by Crippen LogP contribution is 2.34. The van der Waals surface area contributed by atoms with Crippen LogP contribution in [0.4, 0.5) is 11.8 Å². The van der Waals surface area contributed by atoms with Gasteiger partial charge in [-0.1, -0.05) is 21.6 Å². The molecule has 0 unspecified atom stereocenters.